The minimum absolute atomic E-state index is 0.226. The van der Waals surface area contributed by atoms with Crippen LogP contribution in [0.5, 0.6) is 0 Å². The topological polar surface area (TPSA) is 79.3 Å². The molecule has 0 spiro atoms. The van der Waals surface area contributed by atoms with Crippen molar-refractivity contribution in [1.82, 2.24) is 9.80 Å². The smallest absolute Gasteiger partial charge is 0.332 e. The Balaban J connectivity index is 3.10. The molecule has 0 unspecified atom stereocenters. The van der Waals surface area contributed by atoms with Crippen LogP contribution in [-0.4, -0.2) is 54.6 Å². The molecular weight excluding hydrogens is 214 g/mol. The summed E-state index contributed by atoms with van der Waals surface area (Å²) in [6.07, 6.45) is 0. The highest BCUT2D eigenvalue weighted by atomic mass is 16.6. The molecule has 0 aliphatic carbocycles. The van der Waals surface area contributed by atoms with Gasteiger partial charge in [-0.05, 0) is 6.92 Å². The fraction of sp³-hybridized carbons (Fsp3) is 0.556. The molecule has 0 radical (unpaired) electrons. The first-order chi connectivity index (χ1) is 7.41. The third-order valence-electron chi connectivity index (χ3n) is 2.38. The first-order valence-corrected chi connectivity index (χ1v) is 4.58. The third kappa shape index (κ3) is 1.75. The molecule has 7 heteroatoms. The van der Waals surface area contributed by atoms with E-state index in [1.165, 1.54) is 28.1 Å². The molecular formula is C9H13N3O4. The molecule has 7 nitrogen and oxygen atoms in total. The number of barbiturate groups is 1. The van der Waals surface area contributed by atoms with Crippen molar-refractivity contribution in [3.63, 3.8) is 0 Å². The van der Waals surface area contributed by atoms with Crippen molar-refractivity contribution in [1.29, 1.82) is 0 Å². The Hall–Kier alpha value is -1.92. The number of carbonyl (C=O) groups is 3. The normalized spacial score (nSPS) is 19.5. The molecule has 1 aliphatic rings. The lowest BCUT2D eigenvalue weighted by atomic mass is 9.99. The van der Waals surface area contributed by atoms with Crippen LogP contribution in [0.25, 0.3) is 0 Å². The van der Waals surface area contributed by atoms with E-state index in [1.54, 1.807) is 0 Å². The van der Waals surface area contributed by atoms with Gasteiger partial charge < -0.3 is 4.84 Å². The molecule has 0 aromatic carbocycles. The van der Waals surface area contributed by atoms with Crippen molar-refractivity contribution in [2.75, 3.05) is 21.2 Å². The van der Waals surface area contributed by atoms with Crippen LogP contribution >= 0.6 is 0 Å². The Labute approximate surface area is 92.6 Å². The zero-order valence-electron chi connectivity index (χ0n) is 9.55. The summed E-state index contributed by atoms with van der Waals surface area (Å²) in [6.45, 7) is 1.50. The first-order valence-electron chi connectivity index (χ1n) is 4.58. The van der Waals surface area contributed by atoms with Gasteiger partial charge in [-0.1, -0.05) is 5.16 Å². The summed E-state index contributed by atoms with van der Waals surface area (Å²) < 4.78 is 0. The van der Waals surface area contributed by atoms with Crippen LogP contribution in [0.2, 0.25) is 0 Å². The predicted molar refractivity (Wildman–Crippen MR) is 54.5 cm³/mol. The number of nitrogens with zero attached hydrogens (tertiary/aromatic N) is 3. The van der Waals surface area contributed by atoms with E-state index < -0.39 is 23.8 Å². The van der Waals surface area contributed by atoms with Crippen LogP contribution in [0.3, 0.4) is 0 Å². The van der Waals surface area contributed by atoms with Crippen molar-refractivity contribution < 1.29 is 19.2 Å². The fourth-order valence-corrected chi connectivity index (χ4v) is 1.46. The molecule has 1 fully saturated rings. The quantitative estimate of drug-likeness (QED) is 0.368. The minimum atomic E-state index is -1.08. The number of rotatable bonds is 2. The summed E-state index contributed by atoms with van der Waals surface area (Å²) in [7, 11) is 3.96. The summed E-state index contributed by atoms with van der Waals surface area (Å²) in [4.78, 5) is 41.2. The van der Waals surface area contributed by atoms with Crippen molar-refractivity contribution in [2.45, 2.75) is 6.92 Å². The largest absolute Gasteiger partial charge is 0.399 e. The Morgan fingerprint density at radius 2 is 1.62 bits per heavy atom. The van der Waals surface area contributed by atoms with E-state index in [0.717, 1.165) is 9.80 Å². The molecule has 0 aromatic heterocycles. The Morgan fingerprint density at radius 1 is 1.19 bits per heavy atom. The summed E-state index contributed by atoms with van der Waals surface area (Å²) >= 11 is 0. The van der Waals surface area contributed by atoms with Crippen molar-refractivity contribution in [3.8, 4) is 0 Å². The van der Waals surface area contributed by atoms with Crippen molar-refractivity contribution in [3.05, 3.63) is 0 Å². The highest BCUT2D eigenvalue weighted by Crippen LogP contribution is 2.16. The lowest BCUT2D eigenvalue weighted by Crippen LogP contribution is -2.58. The Bertz CT molecular complexity index is 353. The van der Waals surface area contributed by atoms with Crippen LogP contribution in [0, 0.1) is 5.92 Å². The van der Waals surface area contributed by atoms with Crippen LogP contribution in [0.15, 0.2) is 5.16 Å². The summed E-state index contributed by atoms with van der Waals surface area (Å²) in [5, 5.41) is 3.55. The minimum Gasteiger partial charge on any atom is -0.399 e. The molecule has 1 saturated heterocycles. The molecule has 1 rings (SSSR count). The molecule has 88 valence electrons. The van der Waals surface area contributed by atoms with E-state index in [9.17, 15) is 14.4 Å². The van der Waals surface area contributed by atoms with E-state index >= 15 is 0 Å². The fourth-order valence-electron chi connectivity index (χ4n) is 1.46. The average molecular weight is 227 g/mol. The van der Waals surface area contributed by atoms with E-state index in [-0.39, 0.29) is 5.71 Å². The lowest BCUT2D eigenvalue weighted by molar-refractivity contribution is -0.144. The monoisotopic (exact) mass is 227 g/mol. The number of carbonyl (C=O) groups excluding carboxylic acids is 3. The Morgan fingerprint density at radius 3 is 2.00 bits per heavy atom. The highest BCUT2D eigenvalue weighted by Gasteiger charge is 2.44. The van der Waals surface area contributed by atoms with Gasteiger partial charge in [0.15, 0.2) is 5.92 Å². The van der Waals surface area contributed by atoms with Gasteiger partial charge in [-0.2, -0.15) is 0 Å². The number of urea groups is 1. The van der Waals surface area contributed by atoms with Crippen molar-refractivity contribution in [2.24, 2.45) is 11.1 Å². The number of imide groups is 2. The zero-order valence-corrected chi connectivity index (χ0v) is 9.55. The maximum atomic E-state index is 11.7. The maximum absolute atomic E-state index is 11.7. The summed E-state index contributed by atoms with van der Waals surface area (Å²) in [5.74, 6) is -2.26. The van der Waals surface area contributed by atoms with Crippen LogP contribution < -0.4 is 0 Å². The van der Waals surface area contributed by atoms with Gasteiger partial charge in [0.2, 0.25) is 11.8 Å². The molecule has 1 aliphatic heterocycles. The van der Waals surface area contributed by atoms with Crippen molar-refractivity contribution >= 4 is 23.6 Å². The van der Waals surface area contributed by atoms with Crippen LogP contribution in [0.4, 0.5) is 4.79 Å². The number of hydrogen-bond acceptors (Lipinski definition) is 5. The third-order valence-corrected chi connectivity index (χ3v) is 2.38. The van der Waals surface area contributed by atoms with Gasteiger partial charge in [0.1, 0.15) is 7.11 Å². The average Bonchev–Trinajstić information content (AvgIpc) is 2.24. The predicted octanol–water partition coefficient (Wildman–Crippen LogP) is -0.325. The summed E-state index contributed by atoms with van der Waals surface area (Å²) in [6, 6.07) is -0.642. The molecule has 1 heterocycles. The molecule has 16 heavy (non-hydrogen) atoms. The first kappa shape index (κ1) is 12.2. The number of amides is 4. The van der Waals surface area contributed by atoms with E-state index in [4.69, 9.17) is 0 Å². The van der Waals surface area contributed by atoms with Gasteiger partial charge >= 0.3 is 6.03 Å². The number of oxime groups is 1. The molecule has 0 atom stereocenters. The molecule has 0 saturated carbocycles. The van der Waals surface area contributed by atoms with Gasteiger partial charge in [0, 0.05) is 14.1 Å². The van der Waals surface area contributed by atoms with E-state index in [1.807, 2.05) is 0 Å². The second-order valence-electron chi connectivity index (χ2n) is 3.43. The number of hydrogen-bond donors (Lipinski definition) is 0. The molecule has 0 aromatic rings. The van der Waals surface area contributed by atoms with Gasteiger partial charge in [0.25, 0.3) is 0 Å². The Kier molecular flexibility index (Phi) is 3.26. The van der Waals surface area contributed by atoms with Gasteiger partial charge in [-0.25, -0.2) is 4.79 Å². The lowest BCUT2D eigenvalue weighted by Gasteiger charge is -2.32. The SMILES string of the molecule is CO/N=C(\C)C1C(=O)N(C)C(=O)N(C)C1=O. The zero-order chi connectivity index (χ0) is 12.5. The second kappa shape index (κ2) is 4.30. The van der Waals surface area contributed by atoms with Gasteiger partial charge in [-0.15, -0.1) is 0 Å². The van der Waals surface area contributed by atoms with E-state index in [2.05, 4.69) is 9.99 Å². The van der Waals surface area contributed by atoms with E-state index in [0.29, 0.717) is 0 Å². The molecule has 0 N–H and O–H groups in total. The summed E-state index contributed by atoms with van der Waals surface area (Å²) in [5.41, 5.74) is 0.226. The van der Waals surface area contributed by atoms with Crippen LogP contribution in [-0.2, 0) is 14.4 Å². The van der Waals surface area contributed by atoms with Gasteiger partial charge in [0.05, 0.1) is 5.71 Å². The van der Waals surface area contributed by atoms with Gasteiger partial charge in [-0.3, -0.25) is 19.4 Å². The highest BCUT2D eigenvalue weighted by molar-refractivity contribution is 6.26. The second-order valence-corrected chi connectivity index (χ2v) is 3.43. The standard InChI is InChI=1S/C9H13N3O4/c1-5(10-16-4)6-7(13)11(2)9(15)12(3)8(6)14/h6H,1-4H3/b10-5+. The molecule has 0 bridgehead atoms. The van der Waals surface area contributed by atoms with Crippen LogP contribution in [0.1, 0.15) is 6.92 Å². The molecule has 4 amide bonds. The maximum Gasteiger partial charge on any atom is 0.332 e.